The summed E-state index contributed by atoms with van der Waals surface area (Å²) in [4.78, 5) is 0. The van der Waals surface area contributed by atoms with Gasteiger partial charge in [0.1, 0.15) is 0 Å². The molecule has 0 bridgehead atoms. The third-order valence-corrected chi connectivity index (χ3v) is 3.75. The molecule has 17 heavy (non-hydrogen) atoms. The van der Waals surface area contributed by atoms with Crippen LogP contribution in [-0.4, -0.2) is 6.61 Å². The van der Waals surface area contributed by atoms with Crippen LogP contribution in [0.4, 0.5) is 0 Å². The summed E-state index contributed by atoms with van der Waals surface area (Å²) in [6, 6.07) is 0. The second-order valence-electron chi connectivity index (χ2n) is 5.42. The summed E-state index contributed by atoms with van der Waals surface area (Å²) in [6.45, 7) is 3.26. The Labute approximate surface area is 108 Å². The maximum absolute atomic E-state index is 5.34. The Hall–Kier alpha value is -0.0400. The van der Waals surface area contributed by atoms with Gasteiger partial charge in [-0.2, -0.15) is 0 Å². The van der Waals surface area contributed by atoms with Crippen molar-refractivity contribution in [1.29, 1.82) is 0 Å². The standard InChI is InChI=1S/C16H31O/c1-2-3-4-5-6-7-8-9-10-11-12-13-16-14-15-17-16/h2-15H2,1H3. The van der Waals surface area contributed by atoms with Crippen LogP contribution in [0.15, 0.2) is 0 Å². The van der Waals surface area contributed by atoms with Crippen molar-refractivity contribution in [2.75, 3.05) is 6.61 Å². The molecular formula is C16H31O. The lowest BCUT2D eigenvalue weighted by molar-refractivity contribution is 0.0337. The maximum atomic E-state index is 5.34. The van der Waals surface area contributed by atoms with Crippen molar-refractivity contribution < 1.29 is 4.74 Å². The molecular weight excluding hydrogens is 208 g/mol. The predicted octanol–water partition coefficient (Wildman–Crippen LogP) is 5.64. The van der Waals surface area contributed by atoms with E-state index in [9.17, 15) is 0 Å². The zero-order chi connectivity index (χ0) is 12.2. The molecule has 0 aromatic heterocycles. The molecule has 1 radical (unpaired) electrons. The Morgan fingerprint density at radius 3 is 1.65 bits per heavy atom. The van der Waals surface area contributed by atoms with Crippen LogP contribution in [0.5, 0.6) is 0 Å². The summed E-state index contributed by atoms with van der Waals surface area (Å²) >= 11 is 0. The van der Waals surface area contributed by atoms with E-state index in [1.165, 1.54) is 89.6 Å². The van der Waals surface area contributed by atoms with E-state index < -0.39 is 0 Å². The fourth-order valence-corrected chi connectivity index (χ4v) is 2.43. The van der Waals surface area contributed by atoms with Crippen molar-refractivity contribution in [3.63, 3.8) is 0 Å². The van der Waals surface area contributed by atoms with Crippen molar-refractivity contribution >= 4 is 0 Å². The van der Waals surface area contributed by atoms with Gasteiger partial charge in [-0.05, 0) is 6.42 Å². The van der Waals surface area contributed by atoms with Crippen LogP contribution < -0.4 is 0 Å². The lowest BCUT2D eigenvalue weighted by atomic mass is 10.0. The molecule has 0 aliphatic carbocycles. The van der Waals surface area contributed by atoms with Crippen LogP contribution in [0, 0.1) is 6.10 Å². The Morgan fingerprint density at radius 2 is 1.24 bits per heavy atom. The molecule has 0 amide bonds. The minimum absolute atomic E-state index is 0.980. The summed E-state index contributed by atoms with van der Waals surface area (Å²) in [5.74, 6) is 0. The first kappa shape index (κ1) is 15.0. The van der Waals surface area contributed by atoms with Gasteiger partial charge in [-0.1, -0.05) is 77.6 Å². The first-order valence-corrected chi connectivity index (χ1v) is 7.91. The highest BCUT2D eigenvalue weighted by Gasteiger charge is 2.17. The molecule has 1 aliphatic rings. The highest BCUT2D eigenvalue weighted by Crippen LogP contribution is 2.25. The van der Waals surface area contributed by atoms with E-state index in [1.54, 1.807) is 0 Å². The SMILES string of the molecule is CCCCCCCCCCCCC[C]1CCO1. The quantitative estimate of drug-likeness (QED) is 0.400. The van der Waals surface area contributed by atoms with Crippen molar-refractivity contribution in [3.05, 3.63) is 6.10 Å². The lowest BCUT2D eigenvalue weighted by Crippen LogP contribution is -2.17. The van der Waals surface area contributed by atoms with Crippen molar-refractivity contribution in [1.82, 2.24) is 0 Å². The molecule has 1 heteroatoms. The molecule has 0 atom stereocenters. The molecule has 0 unspecified atom stereocenters. The van der Waals surface area contributed by atoms with E-state index in [1.807, 2.05) is 0 Å². The largest absolute Gasteiger partial charge is 0.372 e. The predicted molar refractivity (Wildman–Crippen MR) is 74.9 cm³/mol. The Morgan fingerprint density at radius 1 is 0.765 bits per heavy atom. The number of rotatable bonds is 12. The van der Waals surface area contributed by atoms with Crippen molar-refractivity contribution in [2.45, 2.75) is 90.4 Å². The highest BCUT2D eigenvalue weighted by atomic mass is 16.5. The summed E-state index contributed by atoms with van der Waals surface area (Å²) in [5.41, 5.74) is 0. The minimum atomic E-state index is 0.980. The molecule has 1 saturated heterocycles. The molecule has 1 rings (SSSR count). The molecule has 1 heterocycles. The summed E-state index contributed by atoms with van der Waals surface area (Å²) in [6.07, 6.45) is 19.6. The van der Waals surface area contributed by atoms with Crippen molar-refractivity contribution in [2.24, 2.45) is 0 Å². The van der Waals surface area contributed by atoms with E-state index in [0.29, 0.717) is 0 Å². The number of hydrogen-bond donors (Lipinski definition) is 0. The number of ether oxygens (including phenoxy) is 1. The normalized spacial score (nSPS) is 16.1. The Bertz CT molecular complexity index is 152. The van der Waals surface area contributed by atoms with Gasteiger partial charge in [0.05, 0.1) is 12.7 Å². The van der Waals surface area contributed by atoms with Gasteiger partial charge in [-0.25, -0.2) is 0 Å². The third-order valence-electron chi connectivity index (χ3n) is 3.75. The number of unbranched alkanes of at least 4 members (excludes halogenated alkanes) is 10. The van der Waals surface area contributed by atoms with E-state index in [4.69, 9.17) is 4.74 Å². The molecule has 0 N–H and O–H groups in total. The van der Waals surface area contributed by atoms with Gasteiger partial charge in [0.15, 0.2) is 0 Å². The van der Waals surface area contributed by atoms with E-state index in [0.717, 1.165) is 6.61 Å². The van der Waals surface area contributed by atoms with Gasteiger partial charge in [0.25, 0.3) is 0 Å². The topological polar surface area (TPSA) is 9.23 Å². The first-order chi connectivity index (χ1) is 8.43. The van der Waals surface area contributed by atoms with E-state index in [-0.39, 0.29) is 0 Å². The van der Waals surface area contributed by atoms with Crippen LogP contribution in [0.2, 0.25) is 0 Å². The van der Waals surface area contributed by atoms with Crippen LogP contribution in [0.3, 0.4) is 0 Å². The Kier molecular flexibility index (Phi) is 9.78. The molecule has 1 nitrogen and oxygen atoms in total. The Balaban J connectivity index is 1.64. The van der Waals surface area contributed by atoms with Gasteiger partial charge >= 0.3 is 0 Å². The van der Waals surface area contributed by atoms with Gasteiger partial charge < -0.3 is 4.74 Å². The minimum Gasteiger partial charge on any atom is -0.372 e. The van der Waals surface area contributed by atoms with Gasteiger partial charge in [0.2, 0.25) is 0 Å². The first-order valence-electron chi connectivity index (χ1n) is 7.91. The lowest BCUT2D eigenvalue weighted by Gasteiger charge is -2.24. The van der Waals surface area contributed by atoms with Crippen LogP contribution in [0.1, 0.15) is 90.4 Å². The third kappa shape index (κ3) is 8.65. The molecule has 0 spiro atoms. The van der Waals surface area contributed by atoms with Crippen molar-refractivity contribution in [3.8, 4) is 0 Å². The molecule has 1 fully saturated rings. The number of hydrogen-bond acceptors (Lipinski definition) is 1. The average Bonchev–Trinajstić information content (AvgIpc) is 2.28. The second kappa shape index (κ2) is 11.1. The summed E-state index contributed by atoms with van der Waals surface area (Å²) in [5, 5.41) is 0. The molecule has 0 aromatic rings. The fraction of sp³-hybridized carbons (Fsp3) is 0.938. The highest BCUT2D eigenvalue weighted by molar-refractivity contribution is 4.85. The second-order valence-corrected chi connectivity index (χ2v) is 5.42. The zero-order valence-electron chi connectivity index (χ0n) is 11.8. The van der Waals surface area contributed by atoms with E-state index in [2.05, 4.69) is 6.92 Å². The average molecular weight is 239 g/mol. The van der Waals surface area contributed by atoms with E-state index >= 15 is 0 Å². The fourth-order valence-electron chi connectivity index (χ4n) is 2.43. The zero-order valence-corrected chi connectivity index (χ0v) is 11.8. The monoisotopic (exact) mass is 239 g/mol. The van der Waals surface area contributed by atoms with Gasteiger partial charge in [-0.15, -0.1) is 0 Å². The van der Waals surface area contributed by atoms with Gasteiger partial charge in [-0.3, -0.25) is 0 Å². The molecule has 1 aliphatic heterocycles. The smallest absolute Gasteiger partial charge is 0.0993 e. The molecule has 101 valence electrons. The van der Waals surface area contributed by atoms with Crippen LogP contribution in [-0.2, 0) is 4.74 Å². The van der Waals surface area contributed by atoms with Crippen LogP contribution in [0.25, 0.3) is 0 Å². The summed E-state index contributed by atoms with van der Waals surface area (Å²) in [7, 11) is 0. The maximum Gasteiger partial charge on any atom is 0.0993 e. The van der Waals surface area contributed by atoms with Crippen LogP contribution >= 0.6 is 0 Å². The molecule has 0 saturated carbocycles. The van der Waals surface area contributed by atoms with Gasteiger partial charge in [0, 0.05) is 6.42 Å². The summed E-state index contributed by atoms with van der Waals surface area (Å²) < 4.78 is 5.34. The molecule has 0 aromatic carbocycles.